The van der Waals surface area contributed by atoms with Crippen LogP contribution in [0.15, 0.2) is 24.3 Å². The highest BCUT2D eigenvalue weighted by molar-refractivity contribution is 5.83. The highest BCUT2D eigenvalue weighted by atomic mass is 19.1. The zero-order valence-corrected chi connectivity index (χ0v) is 17.6. The third-order valence-electron chi connectivity index (χ3n) is 7.34. The van der Waals surface area contributed by atoms with E-state index in [9.17, 15) is 14.4 Å². The molecular weight excluding hydrogens is 395 g/mol. The van der Waals surface area contributed by atoms with Crippen LogP contribution in [-0.4, -0.2) is 61.3 Å². The number of halogens is 1. The number of benzene rings is 1. The summed E-state index contributed by atoms with van der Waals surface area (Å²) in [7, 11) is 0. The quantitative estimate of drug-likeness (QED) is 0.756. The molecule has 0 radical (unpaired) electrons. The van der Waals surface area contributed by atoms with E-state index in [1.54, 1.807) is 12.1 Å². The molecule has 1 saturated carbocycles. The van der Waals surface area contributed by atoms with Gasteiger partial charge in [-0.3, -0.25) is 9.69 Å². The van der Waals surface area contributed by atoms with E-state index in [4.69, 9.17) is 4.74 Å². The topological polar surface area (TPSA) is 77.4 Å². The van der Waals surface area contributed by atoms with Crippen LogP contribution in [-0.2, 0) is 16.0 Å². The zero-order chi connectivity index (χ0) is 21.4. The van der Waals surface area contributed by atoms with Crippen molar-refractivity contribution in [2.45, 2.75) is 56.3 Å². The van der Waals surface area contributed by atoms with Gasteiger partial charge in [0.25, 0.3) is 0 Å². The van der Waals surface area contributed by atoms with Crippen LogP contribution in [0.2, 0.25) is 0 Å². The van der Waals surface area contributed by atoms with Crippen LogP contribution < -0.4 is 10.6 Å². The van der Waals surface area contributed by atoms with Crippen molar-refractivity contribution in [3.8, 4) is 6.07 Å². The Morgan fingerprint density at radius 2 is 2.32 bits per heavy atom. The molecule has 4 aliphatic rings. The van der Waals surface area contributed by atoms with Crippen LogP contribution in [0.3, 0.4) is 0 Å². The van der Waals surface area contributed by atoms with Crippen molar-refractivity contribution in [1.29, 1.82) is 5.26 Å². The molecule has 3 aliphatic heterocycles. The second kappa shape index (κ2) is 8.70. The number of carbonyl (C=O) groups is 1. The van der Waals surface area contributed by atoms with Gasteiger partial charge in [-0.1, -0.05) is 18.2 Å². The predicted octanol–water partition coefficient (Wildman–Crippen LogP) is 2.00. The van der Waals surface area contributed by atoms with E-state index in [-0.39, 0.29) is 24.2 Å². The molecule has 7 heteroatoms. The number of nitriles is 1. The van der Waals surface area contributed by atoms with E-state index in [1.165, 1.54) is 0 Å². The van der Waals surface area contributed by atoms with Crippen molar-refractivity contribution in [2.75, 3.05) is 26.3 Å². The minimum Gasteiger partial charge on any atom is -0.378 e. The molecule has 2 N–H and O–H groups in total. The van der Waals surface area contributed by atoms with E-state index in [2.05, 4.69) is 27.7 Å². The molecule has 3 fully saturated rings. The maximum absolute atomic E-state index is 14.9. The molecule has 2 bridgehead atoms. The summed E-state index contributed by atoms with van der Waals surface area (Å²) >= 11 is 0. The number of morpholine rings is 1. The molecule has 1 aromatic rings. The Hall–Kier alpha value is -2.27. The van der Waals surface area contributed by atoms with Crippen LogP contribution in [0.5, 0.6) is 0 Å². The van der Waals surface area contributed by atoms with Crippen LogP contribution in [0.4, 0.5) is 4.39 Å². The summed E-state index contributed by atoms with van der Waals surface area (Å²) in [6.07, 6.45) is 6.41. The Morgan fingerprint density at radius 1 is 1.42 bits per heavy atom. The average Bonchev–Trinajstić information content (AvgIpc) is 3.43. The van der Waals surface area contributed by atoms with Gasteiger partial charge in [-0.15, -0.1) is 0 Å². The lowest BCUT2D eigenvalue weighted by Crippen LogP contribution is -2.50. The predicted molar refractivity (Wildman–Crippen MR) is 114 cm³/mol. The summed E-state index contributed by atoms with van der Waals surface area (Å²) in [6, 6.07) is 7.19. The standard InChI is InChI=1S/C24H29FN4O2/c25-22-12-15(16-5-6-29-7-8-31-14-21(29)11-16)1-2-17(22)9-20(13-26)28-24(30)23-18-3-4-19(10-18)27-23/h1-2,5,12,18-21,23,27H,3-4,6-11,14H2,(H,28,30). The first-order chi connectivity index (χ1) is 15.1. The van der Waals surface area contributed by atoms with E-state index >= 15 is 0 Å². The van der Waals surface area contributed by atoms with E-state index in [0.717, 1.165) is 63.1 Å². The third kappa shape index (κ3) is 4.25. The van der Waals surface area contributed by atoms with E-state index in [1.807, 2.05) is 6.07 Å². The molecule has 1 aromatic carbocycles. The molecular formula is C24H29FN4O2. The lowest BCUT2D eigenvalue weighted by Gasteiger charge is -2.38. The van der Waals surface area contributed by atoms with Crippen molar-refractivity contribution in [3.05, 3.63) is 41.2 Å². The number of nitrogens with one attached hydrogen (secondary N) is 2. The Labute approximate surface area is 182 Å². The number of hydrogen-bond donors (Lipinski definition) is 2. The number of ether oxygens (including phenoxy) is 1. The SMILES string of the molecule is N#CC(Cc1ccc(C2=CCN3CCOCC3C2)cc1F)NC(=O)C1NC2CCC1C2. The zero-order valence-electron chi connectivity index (χ0n) is 17.6. The molecule has 31 heavy (non-hydrogen) atoms. The van der Waals surface area contributed by atoms with Gasteiger partial charge in [0.2, 0.25) is 5.91 Å². The second-order valence-corrected chi connectivity index (χ2v) is 9.27. The highest BCUT2D eigenvalue weighted by Crippen LogP contribution is 2.35. The number of fused-ring (bicyclic) bond motifs is 3. The summed E-state index contributed by atoms with van der Waals surface area (Å²) in [5.41, 5.74) is 2.48. The van der Waals surface area contributed by atoms with Gasteiger partial charge in [0.15, 0.2) is 0 Å². The van der Waals surface area contributed by atoms with Crippen LogP contribution >= 0.6 is 0 Å². The number of carbonyl (C=O) groups excluding carboxylic acids is 1. The summed E-state index contributed by atoms with van der Waals surface area (Å²) in [5.74, 6) is -0.106. The molecule has 2 saturated heterocycles. The van der Waals surface area contributed by atoms with Crippen molar-refractivity contribution >= 4 is 11.5 Å². The van der Waals surface area contributed by atoms with Gasteiger partial charge >= 0.3 is 0 Å². The minimum absolute atomic E-state index is 0.137. The number of rotatable bonds is 5. The second-order valence-electron chi connectivity index (χ2n) is 9.27. The third-order valence-corrected chi connectivity index (χ3v) is 7.34. The van der Waals surface area contributed by atoms with Gasteiger partial charge in [-0.2, -0.15) is 5.26 Å². The van der Waals surface area contributed by atoms with Crippen molar-refractivity contribution in [1.82, 2.24) is 15.5 Å². The van der Waals surface area contributed by atoms with Gasteiger partial charge in [0.1, 0.15) is 11.9 Å². The maximum Gasteiger partial charge on any atom is 0.238 e. The first-order valence-corrected chi connectivity index (χ1v) is 11.4. The number of nitrogens with zero attached hydrogens (tertiary/aromatic N) is 2. The number of piperidine rings is 1. The van der Waals surface area contributed by atoms with E-state index in [0.29, 0.717) is 23.6 Å². The molecule has 5 atom stereocenters. The van der Waals surface area contributed by atoms with Crippen LogP contribution in [0.25, 0.3) is 5.57 Å². The molecule has 6 nitrogen and oxygen atoms in total. The molecule has 1 amide bonds. The number of amides is 1. The molecule has 5 rings (SSSR count). The fourth-order valence-corrected chi connectivity index (χ4v) is 5.59. The lowest BCUT2D eigenvalue weighted by atomic mass is 9.92. The molecule has 1 aliphatic carbocycles. The Balaban J connectivity index is 1.23. The van der Waals surface area contributed by atoms with Gasteiger partial charge < -0.3 is 15.4 Å². The van der Waals surface area contributed by atoms with Gasteiger partial charge in [-0.25, -0.2) is 4.39 Å². The lowest BCUT2D eigenvalue weighted by molar-refractivity contribution is -0.124. The van der Waals surface area contributed by atoms with E-state index < -0.39 is 6.04 Å². The average molecular weight is 425 g/mol. The molecule has 0 aromatic heterocycles. The summed E-state index contributed by atoms with van der Waals surface area (Å²) < 4.78 is 20.5. The van der Waals surface area contributed by atoms with Crippen LogP contribution in [0, 0.1) is 23.1 Å². The van der Waals surface area contributed by atoms with Gasteiger partial charge in [0, 0.05) is 31.6 Å². The monoisotopic (exact) mass is 424 g/mol. The Morgan fingerprint density at radius 3 is 3.06 bits per heavy atom. The van der Waals surface area contributed by atoms with Crippen LogP contribution in [0.1, 0.15) is 36.8 Å². The smallest absolute Gasteiger partial charge is 0.238 e. The van der Waals surface area contributed by atoms with Crippen molar-refractivity contribution < 1.29 is 13.9 Å². The highest BCUT2D eigenvalue weighted by Gasteiger charge is 2.43. The maximum atomic E-state index is 14.9. The fourth-order valence-electron chi connectivity index (χ4n) is 5.59. The fraction of sp³-hybridized carbons (Fsp3) is 0.583. The summed E-state index contributed by atoms with van der Waals surface area (Å²) in [5, 5.41) is 15.7. The molecule has 3 heterocycles. The van der Waals surface area contributed by atoms with Crippen molar-refractivity contribution in [2.24, 2.45) is 5.92 Å². The first kappa shape index (κ1) is 20.6. The van der Waals surface area contributed by atoms with Gasteiger partial charge in [0.05, 0.1) is 25.3 Å². The molecule has 5 unspecified atom stereocenters. The summed E-state index contributed by atoms with van der Waals surface area (Å²) in [6.45, 7) is 3.31. The first-order valence-electron chi connectivity index (χ1n) is 11.4. The minimum atomic E-state index is -0.740. The largest absolute Gasteiger partial charge is 0.378 e. The number of hydrogen-bond acceptors (Lipinski definition) is 5. The Kier molecular flexibility index (Phi) is 5.79. The Bertz CT molecular complexity index is 927. The van der Waals surface area contributed by atoms with Crippen molar-refractivity contribution in [3.63, 3.8) is 0 Å². The molecule has 0 spiro atoms. The summed E-state index contributed by atoms with van der Waals surface area (Å²) in [4.78, 5) is 15.0. The normalized spacial score (nSPS) is 30.9. The van der Waals surface area contributed by atoms with Gasteiger partial charge in [-0.05, 0) is 54.4 Å². The molecule has 164 valence electrons.